The van der Waals surface area contributed by atoms with Crippen LogP contribution >= 0.6 is 11.6 Å². The molecule has 0 aliphatic heterocycles. The van der Waals surface area contributed by atoms with E-state index in [0.717, 1.165) is 5.56 Å². The van der Waals surface area contributed by atoms with E-state index in [0.29, 0.717) is 35.5 Å². The van der Waals surface area contributed by atoms with Crippen LogP contribution < -0.4 is 15.4 Å². The normalized spacial score (nSPS) is 15.6. The third-order valence-electron chi connectivity index (χ3n) is 4.15. The summed E-state index contributed by atoms with van der Waals surface area (Å²) in [5, 5.41) is 7.01. The molecule has 0 spiro atoms. The highest BCUT2D eigenvalue weighted by Gasteiger charge is 2.14. The van der Waals surface area contributed by atoms with Crippen molar-refractivity contribution in [2.45, 2.75) is 51.5 Å². The second-order valence-corrected chi connectivity index (χ2v) is 6.30. The van der Waals surface area contributed by atoms with Gasteiger partial charge in [-0.2, -0.15) is 0 Å². The van der Waals surface area contributed by atoms with E-state index in [4.69, 9.17) is 16.3 Å². The molecule has 1 amide bonds. The Labute approximate surface area is 137 Å². The lowest BCUT2D eigenvalue weighted by atomic mass is 9.95. The minimum absolute atomic E-state index is 0.0108. The van der Waals surface area contributed by atoms with Crippen LogP contribution in [0.4, 0.5) is 5.69 Å². The zero-order chi connectivity index (χ0) is 15.9. The number of benzene rings is 1. The zero-order valence-electron chi connectivity index (χ0n) is 13.4. The molecule has 1 saturated carbocycles. The van der Waals surface area contributed by atoms with E-state index in [2.05, 4.69) is 10.6 Å². The number of rotatable bonds is 6. The second-order valence-electron chi connectivity index (χ2n) is 5.89. The van der Waals surface area contributed by atoms with Gasteiger partial charge in [-0.05, 0) is 31.4 Å². The van der Waals surface area contributed by atoms with E-state index >= 15 is 0 Å². The maximum absolute atomic E-state index is 12.1. The molecule has 0 heterocycles. The summed E-state index contributed by atoms with van der Waals surface area (Å²) in [4.78, 5) is 12.1. The first-order valence-corrected chi connectivity index (χ1v) is 8.35. The minimum atomic E-state index is -0.0108. The van der Waals surface area contributed by atoms with Crippen molar-refractivity contribution in [1.29, 1.82) is 0 Å². The summed E-state index contributed by atoms with van der Waals surface area (Å²) in [7, 11) is 1.57. The van der Waals surface area contributed by atoms with Crippen molar-refractivity contribution >= 4 is 23.2 Å². The van der Waals surface area contributed by atoms with Gasteiger partial charge in [0.1, 0.15) is 5.75 Å². The molecule has 1 aromatic rings. The fourth-order valence-corrected chi connectivity index (χ4v) is 2.99. The molecular weight excluding hydrogens is 300 g/mol. The van der Waals surface area contributed by atoms with Crippen molar-refractivity contribution in [3.05, 3.63) is 22.7 Å². The summed E-state index contributed by atoms with van der Waals surface area (Å²) >= 11 is 6.07. The molecule has 0 unspecified atom stereocenters. The smallest absolute Gasteiger partial charge is 0.225 e. The number of nitrogens with one attached hydrogen (secondary N) is 2. The maximum Gasteiger partial charge on any atom is 0.225 e. The third-order valence-corrected chi connectivity index (χ3v) is 4.55. The number of aryl methyl sites for hydroxylation is 1. The predicted molar refractivity (Wildman–Crippen MR) is 90.9 cm³/mol. The van der Waals surface area contributed by atoms with Gasteiger partial charge >= 0.3 is 0 Å². The highest BCUT2D eigenvalue weighted by molar-refractivity contribution is 6.31. The summed E-state index contributed by atoms with van der Waals surface area (Å²) in [6, 6.07) is 4.15. The van der Waals surface area contributed by atoms with Gasteiger partial charge in [0, 0.05) is 30.1 Å². The van der Waals surface area contributed by atoms with E-state index < -0.39 is 0 Å². The van der Waals surface area contributed by atoms with Crippen molar-refractivity contribution in [2.75, 3.05) is 19.0 Å². The Morgan fingerprint density at radius 1 is 1.32 bits per heavy atom. The lowest BCUT2D eigenvalue weighted by molar-refractivity contribution is -0.116. The molecule has 1 aromatic carbocycles. The SMILES string of the molecule is COc1cc(Cl)c(C)cc1NC(=O)CCNC1CCCCC1. The number of carbonyl (C=O) groups excluding carboxylic acids is 1. The van der Waals surface area contributed by atoms with Gasteiger partial charge in [-0.1, -0.05) is 30.9 Å². The van der Waals surface area contributed by atoms with Crippen LogP contribution in [0.1, 0.15) is 44.1 Å². The van der Waals surface area contributed by atoms with Crippen LogP contribution in [0.2, 0.25) is 5.02 Å². The number of amides is 1. The van der Waals surface area contributed by atoms with E-state index in [9.17, 15) is 4.79 Å². The Bertz CT molecular complexity index is 514. The fourth-order valence-electron chi connectivity index (χ4n) is 2.84. The van der Waals surface area contributed by atoms with Gasteiger partial charge in [0.25, 0.3) is 0 Å². The predicted octanol–water partition coefficient (Wildman–Crippen LogP) is 3.91. The van der Waals surface area contributed by atoms with Crippen LogP contribution in [0.25, 0.3) is 0 Å². The van der Waals surface area contributed by atoms with E-state index in [1.807, 2.05) is 13.0 Å². The lowest BCUT2D eigenvalue weighted by Crippen LogP contribution is -2.33. The van der Waals surface area contributed by atoms with Crippen LogP contribution in [0.15, 0.2) is 12.1 Å². The molecule has 2 N–H and O–H groups in total. The number of hydrogen-bond acceptors (Lipinski definition) is 3. The van der Waals surface area contributed by atoms with Gasteiger partial charge in [-0.15, -0.1) is 0 Å². The van der Waals surface area contributed by atoms with E-state index in [1.54, 1.807) is 13.2 Å². The summed E-state index contributed by atoms with van der Waals surface area (Å²) in [5.41, 5.74) is 1.59. The molecule has 1 fully saturated rings. The minimum Gasteiger partial charge on any atom is -0.495 e. The highest BCUT2D eigenvalue weighted by atomic mass is 35.5. The average molecular weight is 325 g/mol. The molecule has 0 atom stereocenters. The topological polar surface area (TPSA) is 50.4 Å². The largest absolute Gasteiger partial charge is 0.495 e. The number of hydrogen-bond donors (Lipinski definition) is 2. The number of halogens is 1. The Morgan fingerprint density at radius 3 is 2.73 bits per heavy atom. The zero-order valence-corrected chi connectivity index (χ0v) is 14.1. The molecule has 22 heavy (non-hydrogen) atoms. The van der Waals surface area contributed by atoms with Crippen molar-refractivity contribution in [2.24, 2.45) is 0 Å². The van der Waals surface area contributed by atoms with Crippen LogP contribution in [0.3, 0.4) is 0 Å². The molecule has 2 rings (SSSR count). The third kappa shape index (κ3) is 4.89. The Kier molecular flexibility index (Phi) is 6.52. The molecule has 0 bridgehead atoms. The second kappa shape index (κ2) is 8.39. The van der Waals surface area contributed by atoms with E-state index in [1.165, 1.54) is 32.1 Å². The molecule has 5 heteroatoms. The van der Waals surface area contributed by atoms with Crippen molar-refractivity contribution in [3.8, 4) is 5.75 Å². The summed E-state index contributed by atoms with van der Waals surface area (Å²) in [5.74, 6) is 0.576. The molecule has 0 aromatic heterocycles. The number of ether oxygens (including phenoxy) is 1. The first kappa shape index (κ1) is 17.1. The van der Waals surface area contributed by atoms with Crippen molar-refractivity contribution < 1.29 is 9.53 Å². The molecule has 0 radical (unpaired) electrons. The summed E-state index contributed by atoms with van der Waals surface area (Å²) < 4.78 is 5.27. The number of carbonyl (C=O) groups is 1. The molecular formula is C17H25ClN2O2. The van der Waals surface area contributed by atoms with Gasteiger partial charge < -0.3 is 15.4 Å². The Hall–Kier alpha value is -1.26. The first-order chi connectivity index (χ1) is 10.6. The maximum atomic E-state index is 12.1. The standard InChI is InChI=1S/C17H25ClN2O2/c1-12-10-15(16(22-2)11-14(12)18)20-17(21)8-9-19-13-6-4-3-5-7-13/h10-11,13,19H,3-9H2,1-2H3,(H,20,21). The summed E-state index contributed by atoms with van der Waals surface area (Å²) in [6.45, 7) is 2.62. The van der Waals surface area contributed by atoms with Crippen LogP contribution in [0, 0.1) is 6.92 Å². The lowest BCUT2D eigenvalue weighted by Gasteiger charge is -2.22. The summed E-state index contributed by atoms with van der Waals surface area (Å²) in [6.07, 6.45) is 6.85. The molecule has 1 aliphatic rings. The van der Waals surface area contributed by atoms with Crippen LogP contribution in [-0.2, 0) is 4.79 Å². The van der Waals surface area contributed by atoms with Crippen molar-refractivity contribution in [3.63, 3.8) is 0 Å². The Morgan fingerprint density at radius 2 is 2.05 bits per heavy atom. The van der Waals surface area contributed by atoms with Crippen LogP contribution in [-0.4, -0.2) is 25.6 Å². The first-order valence-electron chi connectivity index (χ1n) is 7.97. The molecule has 122 valence electrons. The fraction of sp³-hybridized carbons (Fsp3) is 0.588. The quantitative estimate of drug-likeness (QED) is 0.834. The van der Waals surface area contributed by atoms with Gasteiger partial charge in [0.15, 0.2) is 0 Å². The van der Waals surface area contributed by atoms with Gasteiger partial charge in [-0.25, -0.2) is 0 Å². The number of methoxy groups -OCH3 is 1. The van der Waals surface area contributed by atoms with Gasteiger partial charge in [-0.3, -0.25) is 4.79 Å². The van der Waals surface area contributed by atoms with Gasteiger partial charge in [0.2, 0.25) is 5.91 Å². The molecule has 4 nitrogen and oxygen atoms in total. The van der Waals surface area contributed by atoms with Crippen LogP contribution in [0.5, 0.6) is 5.75 Å². The molecule has 1 aliphatic carbocycles. The molecule has 0 saturated heterocycles. The Balaban J connectivity index is 1.82. The number of anilines is 1. The van der Waals surface area contributed by atoms with Gasteiger partial charge in [0.05, 0.1) is 12.8 Å². The monoisotopic (exact) mass is 324 g/mol. The highest BCUT2D eigenvalue weighted by Crippen LogP contribution is 2.30. The average Bonchev–Trinajstić information content (AvgIpc) is 2.51. The van der Waals surface area contributed by atoms with E-state index in [-0.39, 0.29) is 5.91 Å². The van der Waals surface area contributed by atoms with Crippen molar-refractivity contribution in [1.82, 2.24) is 5.32 Å².